The Morgan fingerprint density at radius 3 is 2.54 bits per heavy atom. The lowest BCUT2D eigenvalue weighted by Crippen LogP contribution is -2.17. The number of carbonyl (C=O) groups excluding carboxylic acids is 2. The second kappa shape index (κ2) is 7.82. The van der Waals surface area contributed by atoms with Crippen LogP contribution >= 0.6 is 11.8 Å². The van der Waals surface area contributed by atoms with Gasteiger partial charge in [0.2, 0.25) is 0 Å². The fourth-order valence-electron chi connectivity index (χ4n) is 3.07. The zero-order valence-electron chi connectivity index (χ0n) is 15.2. The van der Waals surface area contributed by atoms with Gasteiger partial charge in [-0.15, -0.1) is 0 Å². The van der Waals surface area contributed by atoms with E-state index in [1.807, 2.05) is 54.7 Å². The minimum atomic E-state index is -0.352. The van der Waals surface area contributed by atoms with Crippen molar-refractivity contribution in [3.8, 4) is 11.5 Å². The first-order valence-corrected chi connectivity index (χ1v) is 9.55. The number of para-hydroxylation sites is 1. The van der Waals surface area contributed by atoms with E-state index in [-0.39, 0.29) is 11.1 Å². The van der Waals surface area contributed by atoms with E-state index in [0.29, 0.717) is 18.1 Å². The van der Waals surface area contributed by atoms with E-state index in [9.17, 15) is 9.59 Å². The molecule has 2 aromatic carbocycles. The van der Waals surface area contributed by atoms with Gasteiger partial charge in [-0.2, -0.15) is 0 Å². The Labute approximate surface area is 166 Å². The number of fused-ring (bicyclic) bond motifs is 1. The summed E-state index contributed by atoms with van der Waals surface area (Å²) in [6, 6.07) is 15.4. The molecule has 2 heterocycles. The van der Waals surface area contributed by atoms with Crippen molar-refractivity contribution in [2.24, 2.45) is 0 Å². The van der Waals surface area contributed by atoms with Crippen molar-refractivity contribution in [3.05, 3.63) is 65.2 Å². The van der Waals surface area contributed by atoms with Crippen molar-refractivity contribution in [2.75, 3.05) is 13.7 Å². The number of hydrogen-bond donors (Lipinski definition) is 1. The lowest BCUT2D eigenvalue weighted by molar-refractivity contribution is -0.115. The number of ether oxygens (including phenoxy) is 2. The van der Waals surface area contributed by atoms with Crippen LogP contribution in [0.4, 0.5) is 4.79 Å². The number of imide groups is 1. The van der Waals surface area contributed by atoms with Crippen molar-refractivity contribution in [1.82, 2.24) is 9.88 Å². The summed E-state index contributed by atoms with van der Waals surface area (Å²) in [6.45, 7) is 1.14. The van der Waals surface area contributed by atoms with Crippen LogP contribution in [0.5, 0.6) is 11.5 Å². The molecular weight excluding hydrogens is 376 g/mol. The van der Waals surface area contributed by atoms with Gasteiger partial charge in [0.05, 0.1) is 18.6 Å². The van der Waals surface area contributed by atoms with Gasteiger partial charge in [-0.3, -0.25) is 14.9 Å². The van der Waals surface area contributed by atoms with Crippen molar-refractivity contribution < 1.29 is 19.1 Å². The SMILES string of the molecule is COc1ccc(OCCn2cc(/C=C3\SC(=O)NC3=O)c3ccccc32)cc1. The molecule has 7 heteroatoms. The first kappa shape index (κ1) is 18.2. The molecule has 0 radical (unpaired) electrons. The van der Waals surface area contributed by atoms with Gasteiger partial charge in [0.15, 0.2) is 0 Å². The Bertz CT molecular complexity index is 1070. The molecule has 6 nitrogen and oxygen atoms in total. The Kier molecular flexibility index (Phi) is 5.08. The molecule has 0 aliphatic carbocycles. The highest BCUT2D eigenvalue weighted by Crippen LogP contribution is 2.29. The Balaban J connectivity index is 1.53. The van der Waals surface area contributed by atoms with Crippen LogP contribution in [0.3, 0.4) is 0 Å². The number of methoxy groups -OCH3 is 1. The predicted octanol–water partition coefficient (Wildman–Crippen LogP) is 4.05. The summed E-state index contributed by atoms with van der Waals surface area (Å²) in [6.07, 6.45) is 3.74. The van der Waals surface area contributed by atoms with Crippen LogP contribution in [0.15, 0.2) is 59.6 Å². The first-order valence-electron chi connectivity index (χ1n) is 8.73. The van der Waals surface area contributed by atoms with Crippen LogP contribution in [0.25, 0.3) is 17.0 Å². The van der Waals surface area contributed by atoms with Gasteiger partial charge in [-0.1, -0.05) is 18.2 Å². The van der Waals surface area contributed by atoms with Crippen LogP contribution in [0, 0.1) is 0 Å². The molecule has 1 aliphatic rings. The number of thioether (sulfide) groups is 1. The average Bonchev–Trinajstić information content (AvgIpc) is 3.22. The smallest absolute Gasteiger partial charge is 0.290 e. The quantitative estimate of drug-likeness (QED) is 0.639. The number of aromatic nitrogens is 1. The summed E-state index contributed by atoms with van der Waals surface area (Å²) < 4.78 is 13.1. The highest BCUT2D eigenvalue weighted by atomic mass is 32.2. The first-order chi connectivity index (χ1) is 13.6. The molecule has 142 valence electrons. The van der Waals surface area contributed by atoms with Gasteiger partial charge in [0.1, 0.15) is 18.1 Å². The van der Waals surface area contributed by atoms with Gasteiger partial charge in [0, 0.05) is 22.7 Å². The third-order valence-electron chi connectivity index (χ3n) is 4.41. The second-order valence-corrected chi connectivity index (χ2v) is 7.19. The molecule has 1 fully saturated rings. The molecule has 0 bridgehead atoms. The third-order valence-corrected chi connectivity index (χ3v) is 5.22. The van der Waals surface area contributed by atoms with E-state index in [1.54, 1.807) is 13.2 Å². The van der Waals surface area contributed by atoms with Gasteiger partial charge in [-0.25, -0.2) is 0 Å². The lowest BCUT2D eigenvalue weighted by atomic mass is 10.1. The summed E-state index contributed by atoms with van der Waals surface area (Å²) in [7, 11) is 1.63. The topological polar surface area (TPSA) is 69.6 Å². The highest BCUT2D eigenvalue weighted by molar-refractivity contribution is 8.18. The number of amides is 2. The van der Waals surface area contributed by atoms with Gasteiger partial charge < -0.3 is 14.0 Å². The average molecular weight is 394 g/mol. The molecule has 0 atom stereocenters. The number of nitrogens with one attached hydrogen (secondary N) is 1. The van der Waals surface area contributed by atoms with Crippen LogP contribution in [0.1, 0.15) is 5.56 Å². The van der Waals surface area contributed by atoms with Gasteiger partial charge in [-0.05, 0) is 48.2 Å². The zero-order chi connectivity index (χ0) is 19.5. The molecule has 4 rings (SSSR count). The summed E-state index contributed by atoms with van der Waals surface area (Å²) >= 11 is 0.922. The largest absolute Gasteiger partial charge is 0.497 e. The molecular formula is C21H18N2O4S. The summed E-state index contributed by atoms with van der Waals surface area (Å²) in [4.78, 5) is 23.7. The number of benzene rings is 2. The Hall–Kier alpha value is -3.19. The standard InChI is InChI=1S/C21H18N2O4S/c1-26-15-6-8-16(9-7-15)27-11-10-23-13-14(17-4-2-3-5-18(17)23)12-19-20(24)22-21(25)28-19/h2-9,12-13H,10-11H2,1H3,(H,22,24,25)/b19-12-. The molecule has 28 heavy (non-hydrogen) atoms. The van der Waals surface area contributed by atoms with E-state index >= 15 is 0 Å². The third kappa shape index (κ3) is 3.75. The van der Waals surface area contributed by atoms with Crippen molar-refractivity contribution in [1.29, 1.82) is 0 Å². The molecule has 0 spiro atoms. The Morgan fingerprint density at radius 1 is 1.07 bits per heavy atom. The van der Waals surface area contributed by atoms with E-state index in [2.05, 4.69) is 9.88 Å². The van der Waals surface area contributed by atoms with Crippen LogP contribution in [-0.2, 0) is 11.3 Å². The zero-order valence-corrected chi connectivity index (χ0v) is 16.0. The van der Waals surface area contributed by atoms with E-state index in [1.165, 1.54) is 0 Å². The predicted molar refractivity (Wildman–Crippen MR) is 110 cm³/mol. The maximum absolute atomic E-state index is 11.8. The number of carbonyl (C=O) groups is 2. The molecule has 0 saturated carbocycles. The maximum atomic E-state index is 11.8. The number of rotatable bonds is 6. The molecule has 1 aliphatic heterocycles. The molecule has 0 unspecified atom stereocenters. The van der Waals surface area contributed by atoms with Gasteiger partial charge >= 0.3 is 0 Å². The van der Waals surface area contributed by atoms with Crippen molar-refractivity contribution >= 4 is 39.9 Å². The highest BCUT2D eigenvalue weighted by Gasteiger charge is 2.25. The molecule has 3 aromatic rings. The number of hydrogen-bond acceptors (Lipinski definition) is 5. The maximum Gasteiger partial charge on any atom is 0.290 e. The fraction of sp³-hybridized carbons (Fsp3) is 0.143. The van der Waals surface area contributed by atoms with E-state index < -0.39 is 0 Å². The lowest BCUT2D eigenvalue weighted by Gasteiger charge is -2.09. The molecule has 1 aromatic heterocycles. The van der Waals surface area contributed by atoms with E-state index in [4.69, 9.17) is 9.47 Å². The molecule has 1 N–H and O–H groups in total. The van der Waals surface area contributed by atoms with Crippen molar-refractivity contribution in [3.63, 3.8) is 0 Å². The molecule has 2 amide bonds. The van der Waals surface area contributed by atoms with Crippen LogP contribution in [0.2, 0.25) is 0 Å². The minimum absolute atomic E-state index is 0.340. The summed E-state index contributed by atoms with van der Waals surface area (Å²) in [5.41, 5.74) is 1.94. The fourth-order valence-corrected chi connectivity index (χ4v) is 3.74. The van der Waals surface area contributed by atoms with E-state index in [0.717, 1.165) is 39.7 Å². The second-order valence-electron chi connectivity index (χ2n) is 6.17. The van der Waals surface area contributed by atoms with Crippen LogP contribution in [-0.4, -0.2) is 29.4 Å². The minimum Gasteiger partial charge on any atom is -0.497 e. The van der Waals surface area contributed by atoms with Crippen molar-refractivity contribution in [2.45, 2.75) is 6.54 Å². The monoisotopic (exact) mass is 394 g/mol. The number of nitrogens with zero attached hydrogens (tertiary/aromatic N) is 1. The summed E-state index contributed by atoms with van der Waals surface area (Å²) in [5, 5.41) is 2.96. The van der Waals surface area contributed by atoms with Gasteiger partial charge in [0.25, 0.3) is 11.1 Å². The Morgan fingerprint density at radius 2 is 1.82 bits per heavy atom. The molecule has 1 saturated heterocycles. The van der Waals surface area contributed by atoms with Crippen LogP contribution < -0.4 is 14.8 Å². The normalized spacial score (nSPS) is 15.2. The summed E-state index contributed by atoms with van der Waals surface area (Å²) in [5.74, 6) is 1.21.